The first-order valence-electron chi connectivity index (χ1n) is 7.08. The van der Waals surface area contributed by atoms with Gasteiger partial charge in [-0.15, -0.1) is 0 Å². The van der Waals surface area contributed by atoms with Crippen molar-refractivity contribution in [3.8, 4) is 39.9 Å². The number of aromatic nitrogens is 4. The standard InChI is InChI=1S/C16H14N4O3/c1-9-5-11(6-12-16(9)23-8-22-12)15-14(18-20-19-15)10-3-4-13(21-2)17-7-10/h3-7H,8H2,1-2H3,(H,18,19,20). The fraction of sp³-hybridized carbons (Fsp3) is 0.188. The van der Waals surface area contributed by atoms with E-state index in [9.17, 15) is 0 Å². The number of rotatable bonds is 3. The first kappa shape index (κ1) is 13.6. The van der Waals surface area contributed by atoms with Crippen LogP contribution in [0.5, 0.6) is 17.4 Å². The van der Waals surface area contributed by atoms with Crippen LogP contribution in [0.3, 0.4) is 0 Å². The van der Waals surface area contributed by atoms with Crippen molar-refractivity contribution in [2.24, 2.45) is 0 Å². The predicted octanol–water partition coefficient (Wildman–Crippen LogP) is 2.58. The molecule has 4 rings (SSSR count). The largest absolute Gasteiger partial charge is 0.481 e. The van der Waals surface area contributed by atoms with E-state index < -0.39 is 0 Å². The summed E-state index contributed by atoms with van der Waals surface area (Å²) in [6, 6.07) is 7.60. The highest BCUT2D eigenvalue weighted by Crippen LogP contribution is 2.40. The Bertz CT molecular complexity index is 858. The number of H-pyrrole nitrogens is 1. The van der Waals surface area contributed by atoms with E-state index in [0.29, 0.717) is 5.88 Å². The monoisotopic (exact) mass is 310 g/mol. The van der Waals surface area contributed by atoms with E-state index in [1.807, 2.05) is 25.1 Å². The van der Waals surface area contributed by atoms with Crippen molar-refractivity contribution in [2.75, 3.05) is 13.9 Å². The number of nitrogens with one attached hydrogen (secondary N) is 1. The zero-order valence-corrected chi connectivity index (χ0v) is 12.7. The maximum atomic E-state index is 5.48. The Morgan fingerprint density at radius 2 is 1.91 bits per heavy atom. The molecule has 0 unspecified atom stereocenters. The van der Waals surface area contributed by atoms with Crippen molar-refractivity contribution in [1.29, 1.82) is 0 Å². The van der Waals surface area contributed by atoms with Gasteiger partial charge < -0.3 is 14.2 Å². The van der Waals surface area contributed by atoms with Gasteiger partial charge in [0.05, 0.1) is 7.11 Å². The van der Waals surface area contributed by atoms with Gasteiger partial charge in [0, 0.05) is 23.4 Å². The lowest BCUT2D eigenvalue weighted by Gasteiger charge is -2.06. The fourth-order valence-electron chi connectivity index (χ4n) is 2.60. The zero-order chi connectivity index (χ0) is 15.8. The summed E-state index contributed by atoms with van der Waals surface area (Å²) in [4.78, 5) is 4.21. The molecule has 7 heteroatoms. The van der Waals surface area contributed by atoms with Crippen molar-refractivity contribution in [3.63, 3.8) is 0 Å². The highest BCUT2D eigenvalue weighted by Gasteiger charge is 2.20. The number of ether oxygens (including phenoxy) is 3. The average molecular weight is 310 g/mol. The summed E-state index contributed by atoms with van der Waals surface area (Å²) in [6.07, 6.45) is 1.71. The maximum Gasteiger partial charge on any atom is 0.231 e. The van der Waals surface area contributed by atoms with E-state index in [2.05, 4.69) is 20.4 Å². The van der Waals surface area contributed by atoms with Crippen molar-refractivity contribution in [3.05, 3.63) is 36.0 Å². The molecular formula is C16H14N4O3. The minimum Gasteiger partial charge on any atom is -0.481 e. The third-order valence-electron chi connectivity index (χ3n) is 3.70. The second-order valence-corrected chi connectivity index (χ2v) is 5.14. The predicted molar refractivity (Wildman–Crippen MR) is 82.5 cm³/mol. The van der Waals surface area contributed by atoms with Gasteiger partial charge in [0.25, 0.3) is 0 Å². The van der Waals surface area contributed by atoms with Gasteiger partial charge in [0.15, 0.2) is 11.5 Å². The van der Waals surface area contributed by atoms with Crippen molar-refractivity contribution in [1.82, 2.24) is 20.4 Å². The van der Waals surface area contributed by atoms with Gasteiger partial charge in [-0.3, -0.25) is 0 Å². The molecule has 1 aliphatic rings. The second kappa shape index (κ2) is 5.28. The first-order chi connectivity index (χ1) is 11.3. The van der Waals surface area contributed by atoms with Crippen LogP contribution in [0.2, 0.25) is 0 Å². The van der Waals surface area contributed by atoms with Crippen LogP contribution in [-0.4, -0.2) is 34.3 Å². The van der Waals surface area contributed by atoms with Gasteiger partial charge in [-0.2, -0.15) is 15.4 Å². The lowest BCUT2D eigenvalue weighted by atomic mass is 10.0. The molecule has 3 heterocycles. The molecule has 1 aromatic carbocycles. The Morgan fingerprint density at radius 1 is 1.09 bits per heavy atom. The van der Waals surface area contributed by atoms with Gasteiger partial charge in [-0.05, 0) is 30.7 Å². The number of aromatic amines is 1. The molecule has 116 valence electrons. The highest BCUT2D eigenvalue weighted by atomic mass is 16.7. The third kappa shape index (κ3) is 2.26. The molecular weight excluding hydrogens is 296 g/mol. The van der Waals surface area contributed by atoms with Gasteiger partial charge >= 0.3 is 0 Å². The SMILES string of the molecule is COc1ccc(-c2n[nH]nc2-c2cc(C)c3c(c2)OCO3)cn1. The van der Waals surface area contributed by atoms with Crippen molar-refractivity contribution in [2.45, 2.75) is 6.92 Å². The van der Waals surface area contributed by atoms with E-state index in [-0.39, 0.29) is 6.79 Å². The third-order valence-corrected chi connectivity index (χ3v) is 3.70. The van der Waals surface area contributed by atoms with Crippen LogP contribution < -0.4 is 14.2 Å². The number of aryl methyl sites for hydroxylation is 1. The molecule has 7 nitrogen and oxygen atoms in total. The summed E-state index contributed by atoms with van der Waals surface area (Å²) in [5.41, 5.74) is 4.21. The van der Waals surface area contributed by atoms with Crippen LogP contribution in [0.1, 0.15) is 5.56 Å². The first-order valence-corrected chi connectivity index (χ1v) is 7.08. The number of fused-ring (bicyclic) bond motifs is 1. The summed E-state index contributed by atoms with van der Waals surface area (Å²) in [6.45, 7) is 2.22. The van der Waals surface area contributed by atoms with E-state index in [1.165, 1.54) is 0 Å². The molecule has 0 bridgehead atoms. The highest BCUT2D eigenvalue weighted by molar-refractivity contribution is 5.79. The fourth-order valence-corrected chi connectivity index (χ4v) is 2.60. The Kier molecular flexibility index (Phi) is 3.11. The summed E-state index contributed by atoms with van der Waals surface area (Å²) < 4.78 is 16.0. The molecule has 23 heavy (non-hydrogen) atoms. The van der Waals surface area contributed by atoms with E-state index in [4.69, 9.17) is 14.2 Å². The number of nitrogens with zero attached hydrogens (tertiary/aromatic N) is 3. The molecule has 2 aromatic heterocycles. The molecule has 1 N–H and O–H groups in total. The molecule has 0 fully saturated rings. The van der Waals surface area contributed by atoms with Gasteiger partial charge in [-0.25, -0.2) is 4.98 Å². The Morgan fingerprint density at radius 3 is 2.65 bits per heavy atom. The molecule has 0 atom stereocenters. The summed E-state index contributed by atoms with van der Waals surface area (Å²) >= 11 is 0. The normalized spacial score (nSPS) is 12.4. The molecule has 0 radical (unpaired) electrons. The Hall–Kier alpha value is -3.09. The molecule has 0 saturated carbocycles. The van der Waals surface area contributed by atoms with Gasteiger partial charge in [0.1, 0.15) is 11.4 Å². The number of hydrogen-bond acceptors (Lipinski definition) is 6. The van der Waals surface area contributed by atoms with Crippen LogP contribution in [-0.2, 0) is 0 Å². The van der Waals surface area contributed by atoms with E-state index in [1.54, 1.807) is 19.4 Å². The lowest BCUT2D eigenvalue weighted by Crippen LogP contribution is -1.93. The minimum atomic E-state index is 0.244. The summed E-state index contributed by atoms with van der Waals surface area (Å²) in [7, 11) is 1.58. The molecule has 0 amide bonds. The molecule has 3 aromatic rings. The molecule has 1 aliphatic heterocycles. The van der Waals surface area contributed by atoms with E-state index >= 15 is 0 Å². The second-order valence-electron chi connectivity index (χ2n) is 5.14. The quantitative estimate of drug-likeness (QED) is 0.800. The van der Waals surface area contributed by atoms with Crippen molar-refractivity contribution >= 4 is 0 Å². The smallest absolute Gasteiger partial charge is 0.231 e. The van der Waals surface area contributed by atoms with Crippen LogP contribution in [0.4, 0.5) is 0 Å². The minimum absolute atomic E-state index is 0.244. The van der Waals surface area contributed by atoms with Crippen LogP contribution >= 0.6 is 0 Å². The van der Waals surface area contributed by atoms with Gasteiger partial charge in [0.2, 0.25) is 12.7 Å². The number of pyridine rings is 1. The van der Waals surface area contributed by atoms with Crippen LogP contribution in [0.25, 0.3) is 22.5 Å². The topological polar surface area (TPSA) is 82.2 Å². The number of methoxy groups -OCH3 is 1. The summed E-state index contributed by atoms with van der Waals surface area (Å²) in [5.74, 6) is 2.06. The number of hydrogen-bond donors (Lipinski definition) is 1. The molecule has 0 spiro atoms. The maximum absolute atomic E-state index is 5.48. The Balaban J connectivity index is 1.79. The number of benzene rings is 1. The van der Waals surface area contributed by atoms with Crippen LogP contribution in [0.15, 0.2) is 30.5 Å². The zero-order valence-electron chi connectivity index (χ0n) is 12.7. The molecule has 0 saturated heterocycles. The van der Waals surface area contributed by atoms with E-state index in [0.717, 1.165) is 39.6 Å². The lowest BCUT2D eigenvalue weighted by molar-refractivity contribution is 0.173. The Labute approximate surface area is 132 Å². The molecule has 0 aliphatic carbocycles. The van der Waals surface area contributed by atoms with Crippen LogP contribution in [0, 0.1) is 6.92 Å². The van der Waals surface area contributed by atoms with Crippen molar-refractivity contribution < 1.29 is 14.2 Å². The summed E-state index contributed by atoms with van der Waals surface area (Å²) in [5, 5.41) is 11.2. The average Bonchev–Trinajstić information content (AvgIpc) is 3.24. The van der Waals surface area contributed by atoms with Gasteiger partial charge in [-0.1, -0.05) is 0 Å².